The summed E-state index contributed by atoms with van der Waals surface area (Å²) in [5.41, 5.74) is 1.37. The standard InChI is InChI=1S/C16H18ClN3S/c17-15-6-18-16(21-15)11-19-7-12-9-20(10-13(12)8-19)14-4-2-1-3-5-14/h1-6,12-13H,7-11H2/t12-,13-/m0/s1. The summed E-state index contributed by atoms with van der Waals surface area (Å²) in [5.74, 6) is 1.58. The number of likely N-dealkylation sites (tertiary alicyclic amines) is 1. The first-order valence-electron chi connectivity index (χ1n) is 7.40. The van der Waals surface area contributed by atoms with Crippen LogP contribution in [0.2, 0.25) is 4.34 Å². The van der Waals surface area contributed by atoms with Gasteiger partial charge in [-0.2, -0.15) is 0 Å². The third kappa shape index (κ3) is 2.80. The number of thiazole rings is 1. The van der Waals surface area contributed by atoms with Crippen molar-refractivity contribution in [3.63, 3.8) is 0 Å². The van der Waals surface area contributed by atoms with E-state index in [9.17, 15) is 0 Å². The molecule has 2 fully saturated rings. The zero-order valence-electron chi connectivity index (χ0n) is 11.8. The van der Waals surface area contributed by atoms with E-state index in [1.807, 2.05) is 0 Å². The van der Waals surface area contributed by atoms with Gasteiger partial charge in [0, 0.05) is 31.9 Å². The molecule has 3 nitrogen and oxygen atoms in total. The van der Waals surface area contributed by atoms with E-state index < -0.39 is 0 Å². The van der Waals surface area contributed by atoms with E-state index in [2.05, 4.69) is 45.1 Å². The van der Waals surface area contributed by atoms with Gasteiger partial charge < -0.3 is 4.90 Å². The Balaban J connectivity index is 1.37. The number of fused-ring (bicyclic) bond motifs is 1. The maximum Gasteiger partial charge on any atom is 0.113 e. The number of anilines is 1. The number of hydrogen-bond acceptors (Lipinski definition) is 4. The molecule has 0 amide bonds. The number of hydrogen-bond donors (Lipinski definition) is 0. The van der Waals surface area contributed by atoms with Crippen LogP contribution in [0.1, 0.15) is 5.01 Å². The predicted octanol–water partition coefficient (Wildman–Crippen LogP) is 3.36. The number of benzene rings is 1. The summed E-state index contributed by atoms with van der Waals surface area (Å²) < 4.78 is 0.791. The molecule has 0 aliphatic carbocycles. The Morgan fingerprint density at radius 2 is 1.81 bits per heavy atom. The van der Waals surface area contributed by atoms with Crippen molar-refractivity contribution in [3.05, 3.63) is 45.9 Å². The topological polar surface area (TPSA) is 19.4 Å². The zero-order valence-corrected chi connectivity index (χ0v) is 13.4. The maximum absolute atomic E-state index is 5.96. The highest BCUT2D eigenvalue weighted by Crippen LogP contribution is 2.34. The molecule has 1 aromatic heterocycles. The van der Waals surface area contributed by atoms with Crippen LogP contribution in [0.5, 0.6) is 0 Å². The fourth-order valence-electron chi connectivity index (χ4n) is 3.62. The summed E-state index contributed by atoms with van der Waals surface area (Å²) in [6.07, 6.45) is 1.76. The van der Waals surface area contributed by atoms with Crippen molar-refractivity contribution in [1.29, 1.82) is 0 Å². The average Bonchev–Trinajstić information content (AvgIpc) is 3.15. The van der Waals surface area contributed by atoms with Crippen molar-refractivity contribution < 1.29 is 0 Å². The van der Waals surface area contributed by atoms with Gasteiger partial charge >= 0.3 is 0 Å². The summed E-state index contributed by atoms with van der Waals surface area (Å²) in [6, 6.07) is 10.8. The van der Waals surface area contributed by atoms with Gasteiger partial charge in [-0.3, -0.25) is 4.90 Å². The molecule has 3 heterocycles. The van der Waals surface area contributed by atoms with Crippen LogP contribution in [-0.4, -0.2) is 36.1 Å². The van der Waals surface area contributed by atoms with Crippen molar-refractivity contribution in [3.8, 4) is 0 Å². The first kappa shape index (κ1) is 13.6. The van der Waals surface area contributed by atoms with E-state index in [1.165, 1.54) is 31.9 Å². The molecule has 0 N–H and O–H groups in total. The molecule has 2 atom stereocenters. The lowest BCUT2D eigenvalue weighted by Gasteiger charge is -2.22. The van der Waals surface area contributed by atoms with Crippen LogP contribution in [0.4, 0.5) is 5.69 Å². The third-order valence-corrected chi connectivity index (χ3v) is 5.67. The maximum atomic E-state index is 5.96. The normalized spacial score (nSPS) is 25.5. The lowest BCUT2D eigenvalue weighted by molar-refractivity contribution is 0.308. The third-order valence-electron chi connectivity index (χ3n) is 4.57. The minimum atomic E-state index is 0.791. The van der Waals surface area contributed by atoms with Crippen LogP contribution >= 0.6 is 22.9 Å². The van der Waals surface area contributed by atoms with Crippen molar-refractivity contribution >= 4 is 28.6 Å². The van der Waals surface area contributed by atoms with Gasteiger partial charge in [0.15, 0.2) is 0 Å². The first-order valence-corrected chi connectivity index (χ1v) is 8.60. The number of rotatable bonds is 3. The number of aromatic nitrogens is 1. The Labute approximate surface area is 134 Å². The van der Waals surface area contributed by atoms with Gasteiger partial charge in [0.25, 0.3) is 0 Å². The van der Waals surface area contributed by atoms with Crippen molar-refractivity contribution in [1.82, 2.24) is 9.88 Å². The van der Waals surface area contributed by atoms with Crippen LogP contribution in [-0.2, 0) is 6.54 Å². The van der Waals surface area contributed by atoms with Crippen LogP contribution in [0.25, 0.3) is 0 Å². The Morgan fingerprint density at radius 3 is 2.43 bits per heavy atom. The Kier molecular flexibility index (Phi) is 3.61. The van der Waals surface area contributed by atoms with E-state index in [0.29, 0.717) is 0 Å². The van der Waals surface area contributed by atoms with E-state index in [4.69, 9.17) is 11.6 Å². The molecule has 5 heteroatoms. The average molecular weight is 320 g/mol. The fourth-order valence-corrected chi connectivity index (χ4v) is 4.62. The molecule has 1 aromatic carbocycles. The summed E-state index contributed by atoms with van der Waals surface area (Å²) in [4.78, 5) is 9.44. The molecule has 4 rings (SSSR count). The molecule has 0 saturated carbocycles. The molecule has 2 aromatic rings. The molecule has 0 radical (unpaired) electrons. The second kappa shape index (κ2) is 5.59. The van der Waals surface area contributed by atoms with Gasteiger partial charge in [-0.05, 0) is 24.0 Å². The van der Waals surface area contributed by atoms with Crippen LogP contribution in [0.15, 0.2) is 36.5 Å². The van der Waals surface area contributed by atoms with Crippen LogP contribution in [0, 0.1) is 11.8 Å². The highest BCUT2D eigenvalue weighted by Gasteiger charge is 2.40. The quantitative estimate of drug-likeness (QED) is 0.864. The minimum Gasteiger partial charge on any atom is -0.371 e. The van der Waals surface area contributed by atoms with Crippen LogP contribution < -0.4 is 4.90 Å². The van der Waals surface area contributed by atoms with Crippen molar-refractivity contribution in [2.45, 2.75) is 6.54 Å². The molecule has 2 saturated heterocycles. The number of halogens is 1. The van der Waals surface area contributed by atoms with Gasteiger partial charge in [0.05, 0.1) is 12.7 Å². The van der Waals surface area contributed by atoms with Crippen LogP contribution in [0.3, 0.4) is 0 Å². The Bertz CT molecular complexity index is 601. The molecular weight excluding hydrogens is 302 g/mol. The predicted molar refractivity (Wildman–Crippen MR) is 88.0 cm³/mol. The molecule has 0 spiro atoms. The van der Waals surface area contributed by atoms with E-state index in [0.717, 1.165) is 27.7 Å². The second-order valence-electron chi connectivity index (χ2n) is 6.01. The van der Waals surface area contributed by atoms with Gasteiger partial charge in [-0.15, -0.1) is 11.3 Å². The van der Waals surface area contributed by atoms with Crippen molar-refractivity contribution in [2.75, 3.05) is 31.1 Å². The second-order valence-corrected chi connectivity index (χ2v) is 7.76. The fraction of sp³-hybridized carbons (Fsp3) is 0.438. The molecule has 21 heavy (non-hydrogen) atoms. The molecule has 0 bridgehead atoms. The molecule has 0 unspecified atom stereocenters. The molecule has 2 aliphatic rings. The summed E-state index contributed by atoms with van der Waals surface area (Å²) in [7, 11) is 0. The Hall–Kier alpha value is -1.10. The molecule has 110 valence electrons. The van der Waals surface area contributed by atoms with E-state index in [-0.39, 0.29) is 0 Å². The van der Waals surface area contributed by atoms with Gasteiger partial charge in [0.1, 0.15) is 9.34 Å². The first-order chi connectivity index (χ1) is 10.3. The highest BCUT2D eigenvalue weighted by atomic mass is 35.5. The van der Waals surface area contributed by atoms with E-state index >= 15 is 0 Å². The minimum absolute atomic E-state index is 0.791. The van der Waals surface area contributed by atoms with Gasteiger partial charge in [0.2, 0.25) is 0 Å². The summed E-state index contributed by atoms with van der Waals surface area (Å²) in [5, 5.41) is 1.14. The molecule has 2 aliphatic heterocycles. The van der Waals surface area contributed by atoms with Gasteiger partial charge in [-0.1, -0.05) is 29.8 Å². The summed E-state index contributed by atoms with van der Waals surface area (Å²) in [6.45, 7) is 5.69. The Morgan fingerprint density at radius 1 is 1.10 bits per heavy atom. The zero-order chi connectivity index (χ0) is 14.2. The lowest BCUT2D eigenvalue weighted by Crippen LogP contribution is -2.28. The smallest absolute Gasteiger partial charge is 0.113 e. The lowest BCUT2D eigenvalue weighted by atomic mass is 10.0. The van der Waals surface area contributed by atoms with Gasteiger partial charge in [-0.25, -0.2) is 4.98 Å². The number of nitrogens with zero attached hydrogens (tertiary/aromatic N) is 3. The largest absolute Gasteiger partial charge is 0.371 e. The molecular formula is C16H18ClN3S. The SMILES string of the molecule is Clc1cnc(CN2C[C@H]3CN(c4ccccc4)C[C@@H]3C2)s1. The monoisotopic (exact) mass is 319 g/mol. The van der Waals surface area contributed by atoms with Crippen molar-refractivity contribution in [2.24, 2.45) is 11.8 Å². The summed E-state index contributed by atoms with van der Waals surface area (Å²) >= 11 is 7.56. The van der Waals surface area contributed by atoms with E-state index in [1.54, 1.807) is 17.5 Å². The number of para-hydroxylation sites is 1. The highest BCUT2D eigenvalue weighted by molar-refractivity contribution is 7.15.